The number of hydrogen-bond donors (Lipinski definition) is 0. The molecule has 0 radical (unpaired) electrons. The predicted molar refractivity (Wildman–Crippen MR) is 133 cm³/mol. The third kappa shape index (κ3) is 3.99. The van der Waals surface area contributed by atoms with Gasteiger partial charge in [0.05, 0.1) is 11.3 Å². The molecule has 0 N–H and O–H groups in total. The van der Waals surface area contributed by atoms with Gasteiger partial charge in [-0.1, -0.05) is 42.5 Å². The number of amides is 2. The number of fused-ring (bicyclic) bond motifs is 2. The average Bonchev–Trinajstić information content (AvgIpc) is 3.52. The molecule has 0 spiro atoms. The molecule has 0 saturated carbocycles. The van der Waals surface area contributed by atoms with Gasteiger partial charge in [-0.2, -0.15) is 0 Å². The highest BCUT2D eigenvalue weighted by Crippen LogP contribution is 2.32. The van der Waals surface area contributed by atoms with Crippen molar-refractivity contribution in [3.05, 3.63) is 101 Å². The van der Waals surface area contributed by atoms with Crippen molar-refractivity contribution in [2.75, 3.05) is 13.1 Å². The van der Waals surface area contributed by atoms with Gasteiger partial charge in [-0.25, -0.2) is 0 Å². The second kappa shape index (κ2) is 8.69. The molecule has 2 aliphatic rings. The highest BCUT2D eigenvalue weighted by Gasteiger charge is 2.32. The zero-order valence-electron chi connectivity index (χ0n) is 19.7. The number of aromatic nitrogens is 1. The van der Waals surface area contributed by atoms with Gasteiger partial charge in [-0.05, 0) is 55.2 Å². The second-order valence-electron chi connectivity index (χ2n) is 9.53. The lowest BCUT2D eigenvalue weighted by molar-refractivity contribution is 0.0677. The summed E-state index contributed by atoms with van der Waals surface area (Å²) in [5, 5.41) is 0.932. The number of carbonyl (C=O) groups is 2. The Bertz CT molecular complexity index is 1370. The van der Waals surface area contributed by atoms with Gasteiger partial charge in [0.1, 0.15) is 5.58 Å². The fraction of sp³-hybridized carbons (Fsp3) is 0.276. The van der Waals surface area contributed by atoms with E-state index in [1.807, 2.05) is 71.3 Å². The minimum atomic E-state index is -0.0806. The first kappa shape index (κ1) is 21.6. The number of piperidine rings is 1. The largest absolute Gasteiger partial charge is 0.451 e. The van der Waals surface area contributed by atoms with Crippen LogP contribution in [0.5, 0.6) is 0 Å². The van der Waals surface area contributed by atoms with E-state index in [2.05, 4.69) is 12.1 Å². The quantitative estimate of drug-likeness (QED) is 0.411. The van der Waals surface area contributed by atoms with Crippen LogP contribution in [0.1, 0.15) is 62.2 Å². The summed E-state index contributed by atoms with van der Waals surface area (Å²) in [6.07, 6.45) is 1.53. The highest BCUT2D eigenvalue weighted by molar-refractivity contribution is 5.97. The topological polar surface area (TPSA) is 66.7 Å². The lowest BCUT2D eigenvalue weighted by Gasteiger charge is -2.32. The smallest absolute Gasteiger partial charge is 0.289 e. The first-order valence-corrected chi connectivity index (χ1v) is 12.2. The third-order valence-electron chi connectivity index (χ3n) is 7.23. The van der Waals surface area contributed by atoms with Crippen molar-refractivity contribution in [2.24, 2.45) is 0 Å². The van der Waals surface area contributed by atoms with E-state index in [4.69, 9.17) is 9.40 Å². The number of benzene rings is 2. The number of likely N-dealkylation sites (tertiary alicyclic amines) is 1. The Morgan fingerprint density at radius 1 is 0.857 bits per heavy atom. The summed E-state index contributed by atoms with van der Waals surface area (Å²) in [5.74, 6) is 0.466. The lowest BCUT2D eigenvalue weighted by atomic mass is 9.89. The fourth-order valence-corrected chi connectivity index (χ4v) is 5.32. The van der Waals surface area contributed by atoms with E-state index in [1.165, 1.54) is 11.1 Å². The summed E-state index contributed by atoms with van der Waals surface area (Å²) in [7, 11) is 0. The van der Waals surface area contributed by atoms with Gasteiger partial charge in [0.2, 0.25) is 0 Å². The molecule has 0 unspecified atom stereocenters. The minimum Gasteiger partial charge on any atom is -0.451 e. The molecule has 0 bridgehead atoms. The molecule has 0 aliphatic carbocycles. The van der Waals surface area contributed by atoms with E-state index in [9.17, 15) is 9.59 Å². The Morgan fingerprint density at radius 3 is 2.26 bits per heavy atom. The van der Waals surface area contributed by atoms with Crippen LogP contribution in [-0.2, 0) is 13.1 Å². The zero-order valence-corrected chi connectivity index (χ0v) is 19.7. The molecule has 2 aliphatic heterocycles. The maximum absolute atomic E-state index is 13.5. The first-order chi connectivity index (χ1) is 17.1. The molecule has 6 heteroatoms. The van der Waals surface area contributed by atoms with Gasteiger partial charge < -0.3 is 14.2 Å². The van der Waals surface area contributed by atoms with Gasteiger partial charge in [-0.3, -0.25) is 14.6 Å². The molecule has 4 aromatic rings. The Hall–Kier alpha value is -3.93. The third-order valence-corrected chi connectivity index (χ3v) is 7.23. The highest BCUT2D eigenvalue weighted by atomic mass is 16.3. The fourth-order valence-electron chi connectivity index (χ4n) is 5.32. The van der Waals surface area contributed by atoms with E-state index in [1.54, 1.807) is 0 Å². The normalized spacial score (nSPS) is 16.0. The molecule has 4 heterocycles. The van der Waals surface area contributed by atoms with E-state index in [-0.39, 0.29) is 17.7 Å². The number of hydrogen-bond acceptors (Lipinski definition) is 4. The Labute approximate surface area is 204 Å². The molecule has 0 atom stereocenters. The van der Waals surface area contributed by atoms with E-state index in [0.29, 0.717) is 37.5 Å². The average molecular weight is 466 g/mol. The van der Waals surface area contributed by atoms with Crippen LogP contribution in [-0.4, -0.2) is 39.7 Å². The Kier molecular flexibility index (Phi) is 5.36. The van der Waals surface area contributed by atoms with Crippen LogP contribution in [0.4, 0.5) is 0 Å². The van der Waals surface area contributed by atoms with Gasteiger partial charge >= 0.3 is 0 Å². The lowest BCUT2D eigenvalue weighted by Crippen LogP contribution is -2.38. The summed E-state index contributed by atoms with van der Waals surface area (Å²) in [6.45, 7) is 4.45. The number of rotatable bonds is 3. The number of aryl methyl sites for hydroxylation is 1. The van der Waals surface area contributed by atoms with Crippen molar-refractivity contribution in [3.8, 4) is 0 Å². The molecule has 176 valence electrons. The molecule has 2 aromatic carbocycles. The van der Waals surface area contributed by atoms with Gasteiger partial charge in [0.15, 0.2) is 5.76 Å². The number of para-hydroxylation sites is 1. The SMILES string of the molecule is Cc1ccc(C(=O)N2Cc3ccccc3C2)c(C2CCN(C(=O)c3cc4ccccc4o3)CC2)n1. The summed E-state index contributed by atoms with van der Waals surface area (Å²) < 4.78 is 5.79. The van der Waals surface area contributed by atoms with Crippen molar-refractivity contribution in [1.82, 2.24) is 14.8 Å². The van der Waals surface area contributed by atoms with Crippen LogP contribution < -0.4 is 0 Å². The van der Waals surface area contributed by atoms with Crippen LogP contribution in [0.2, 0.25) is 0 Å². The van der Waals surface area contributed by atoms with Crippen LogP contribution in [0.25, 0.3) is 11.0 Å². The van der Waals surface area contributed by atoms with Gasteiger partial charge in [0, 0.05) is 43.2 Å². The molecule has 2 amide bonds. The second-order valence-corrected chi connectivity index (χ2v) is 9.53. The summed E-state index contributed by atoms with van der Waals surface area (Å²) in [6, 6.07) is 21.5. The molecule has 6 nitrogen and oxygen atoms in total. The van der Waals surface area contributed by atoms with Crippen molar-refractivity contribution in [2.45, 2.75) is 38.8 Å². The predicted octanol–water partition coefficient (Wildman–Crippen LogP) is 5.31. The first-order valence-electron chi connectivity index (χ1n) is 12.2. The maximum atomic E-state index is 13.5. The van der Waals surface area contributed by atoms with Crippen LogP contribution in [0.3, 0.4) is 0 Å². The van der Waals surface area contributed by atoms with Crippen LogP contribution in [0, 0.1) is 6.92 Å². The molecule has 35 heavy (non-hydrogen) atoms. The van der Waals surface area contributed by atoms with Gasteiger partial charge in [0.25, 0.3) is 11.8 Å². The van der Waals surface area contributed by atoms with E-state index >= 15 is 0 Å². The summed E-state index contributed by atoms with van der Waals surface area (Å²) in [5.41, 5.74) is 5.59. The molecular weight excluding hydrogens is 438 g/mol. The van der Waals surface area contributed by atoms with Crippen LogP contribution >= 0.6 is 0 Å². The summed E-state index contributed by atoms with van der Waals surface area (Å²) >= 11 is 0. The van der Waals surface area contributed by atoms with Crippen molar-refractivity contribution in [3.63, 3.8) is 0 Å². The number of pyridine rings is 1. The van der Waals surface area contributed by atoms with Crippen LogP contribution in [0.15, 0.2) is 71.1 Å². The Morgan fingerprint density at radius 2 is 1.54 bits per heavy atom. The number of furan rings is 1. The molecule has 2 aromatic heterocycles. The Balaban J connectivity index is 1.18. The molecular formula is C29H27N3O3. The summed E-state index contributed by atoms with van der Waals surface area (Å²) in [4.78, 5) is 35.2. The van der Waals surface area contributed by atoms with Gasteiger partial charge in [-0.15, -0.1) is 0 Å². The standard InChI is InChI=1S/C29H27N3O3/c1-19-10-11-24(28(33)32-17-22-7-2-3-8-23(22)18-32)27(30-19)20-12-14-31(15-13-20)29(34)26-16-21-6-4-5-9-25(21)35-26/h2-11,16,20H,12-15,17-18H2,1H3. The van der Waals surface area contributed by atoms with Crippen molar-refractivity contribution in [1.29, 1.82) is 0 Å². The monoisotopic (exact) mass is 465 g/mol. The van der Waals surface area contributed by atoms with Crippen molar-refractivity contribution >= 4 is 22.8 Å². The number of nitrogens with zero attached hydrogens (tertiary/aromatic N) is 3. The molecule has 1 saturated heterocycles. The minimum absolute atomic E-state index is 0.0319. The van der Waals surface area contributed by atoms with Crippen molar-refractivity contribution < 1.29 is 14.0 Å². The van der Waals surface area contributed by atoms with E-state index in [0.717, 1.165) is 35.2 Å². The molecule has 6 rings (SSSR count). The van der Waals surface area contributed by atoms with E-state index < -0.39 is 0 Å². The molecule has 1 fully saturated rings. The number of carbonyl (C=O) groups excluding carboxylic acids is 2. The zero-order chi connectivity index (χ0) is 23.9. The maximum Gasteiger partial charge on any atom is 0.289 e.